The minimum absolute atomic E-state index is 0.0360. The van der Waals surface area contributed by atoms with Crippen LogP contribution in [0.4, 0.5) is 5.69 Å². The van der Waals surface area contributed by atoms with Crippen LogP contribution < -0.4 is 4.74 Å². The average molecular weight is 481 g/mol. The van der Waals surface area contributed by atoms with Gasteiger partial charge in [-0.15, -0.1) is 0 Å². The third kappa shape index (κ3) is 4.95. The second-order valence-electron chi connectivity index (χ2n) is 8.50. The van der Waals surface area contributed by atoms with Gasteiger partial charge in [0.1, 0.15) is 19.0 Å². The number of hydrogen-bond donors (Lipinski definition) is 0. The van der Waals surface area contributed by atoms with Crippen LogP contribution in [0, 0.1) is 10.1 Å². The summed E-state index contributed by atoms with van der Waals surface area (Å²) in [4.78, 5) is 29.0. The van der Waals surface area contributed by atoms with Gasteiger partial charge in [0, 0.05) is 17.5 Å². The number of aromatic nitrogens is 1. The standard InChI is InChI=1S/C29H24N2O5/c32-29(36-17-16-35-23-11-2-1-3-12-23)27-24-13-4-5-15-26(24)30-28-21(9-7-14-25(27)28)18-20-8-6-10-22(19-20)31(33)34/h1-6,8,10-13,15,18-19H,7,9,14,16-17H2. The number of non-ortho nitro benzene ring substituents is 1. The molecule has 5 rings (SSSR count). The number of nitrogens with zero attached hydrogens (tertiary/aromatic N) is 2. The van der Waals surface area contributed by atoms with Gasteiger partial charge in [-0.05, 0) is 60.2 Å². The molecule has 0 saturated heterocycles. The molecule has 0 atom stereocenters. The highest BCUT2D eigenvalue weighted by molar-refractivity contribution is 6.06. The van der Waals surface area contributed by atoms with Crippen LogP contribution in [0.15, 0.2) is 78.9 Å². The molecule has 0 amide bonds. The van der Waals surface area contributed by atoms with Crippen LogP contribution in [-0.4, -0.2) is 29.1 Å². The fraction of sp³-hybridized carbons (Fsp3) is 0.172. The van der Waals surface area contributed by atoms with Crippen LogP contribution >= 0.6 is 0 Å². The monoisotopic (exact) mass is 480 g/mol. The lowest BCUT2D eigenvalue weighted by Gasteiger charge is -2.22. The first kappa shape index (κ1) is 23.2. The Morgan fingerprint density at radius 2 is 1.78 bits per heavy atom. The lowest BCUT2D eigenvalue weighted by atomic mass is 9.86. The largest absolute Gasteiger partial charge is 0.490 e. The second kappa shape index (κ2) is 10.4. The Morgan fingerprint density at radius 3 is 2.61 bits per heavy atom. The summed E-state index contributed by atoms with van der Waals surface area (Å²) in [5, 5.41) is 12.0. The van der Waals surface area contributed by atoms with E-state index in [4.69, 9.17) is 14.5 Å². The summed E-state index contributed by atoms with van der Waals surface area (Å²) < 4.78 is 11.3. The topological polar surface area (TPSA) is 91.6 Å². The zero-order valence-corrected chi connectivity index (χ0v) is 19.6. The van der Waals surface area contributed by atoms with Crippen LogP contribution in [0.3, 0.4) is 0 Å². The maximum Gasteiger partial charge on any atom is 0.339 e. The maximum atomic E-state index is 13.3. The highest BCUT2D eigenvalue weighted by Crippen LogP contribution is 2.36. The number of rotatable bonds is 7. The van der Waals surface area contributed by atoms with Crippen LogP contribution in [0.5, 0.6) is 5.75 Å². The molecule has 3 aromatic carbocycles. The molecule has 180 valence electrons. The molecular formula is C29H24N2O5. The molecule has 1 heterocycles. The first-order valence-electron chi connectivity index (χ1n) is 11.8. The van der Waals surface area contributed by atoms with E-state index in [0.29, 0.717) is 17.5 Å². The van der Waals surface area contributed by atoms with Gasteiger partial charge in [0.25, 0.3) is 5.69 Å². The molecule has 1 aliphatic carbocycles. The Labute approximate surface area is 208 Å². The molecule has 1 aliphatic rings. The van der Waals surface area contributed by atoms with Crippen molar-refractivity contribution in [3.05, 3.63) is 111 Å². The molecule has 7 nitrogen and oxygen atoms in total. The smallest absolute Gasteiger partial charge is 0.339 e. The number of carbonyl (C=O) groups excluding carboxylic acids is 1. The van der Waals surface area contributed by atoms with E-state index in [1.807, 2.05) is 66.7 Å². The molecule has 0 radical (unpaired) electrons. The van der Waals surface area contributed by atoms with Crippen LogP contribution in [0.25, 0.3) is 22.6 Å². The van der Waals surface area contributed by atoms with E-state index in [2.05, 4.69) is 0 Å². The van der Waals surface area contributed by atoms with Crippen molar-refractivity contribution in [3.8, 4) is 5.75 Å². The average Bonchev–Trinajstić information content (AvgIpc) is 2.90. The first-order valence-corrected chi connectivity index (χ1v) is 11.8. The molecule has 0 bridgehead atoms. The maximum absolute atomic E-state index is 13.3. The first-order chi connectivity index (χ1) is 17.6. The molecule has 7 heteroatoms. The Bertz CT molecular complexity index is 1460. The van der Waals surface area contributed by atoms with Crippen molar-refractivity contribution >= 4 is 34.2 Å². The zero-order chi connectivity index (χ0) is 24.9. The van der Waals surface area contributed by atoms with E-state index in [1.54, 1.807) is 12.1 Å². The lowest BCUT2D eigenvalue weighted by molar-refractivity contribution is -0.384. The van der Waals surface area contributed by atoms with Crippen LogP contribution in [0.1, 0.15) is 40.0 Å². The molecule has 0 fully saturated rings. The van der Waals surface area contributed by atoms with E-state index < -0.39 is 10.9 Å². The quantitative estimate of drug-likeness (QED) is 0.134. The summed E-state index contributed by atoms with van der Waals surface area (Å²) in [6.45, 7) is 0.369. The van der Waals surface area contributed by atoms with Gasteiger partial charge in [0.15, 0.2) is 0 Å². The number of benzene rings is 3. The van der Waals surface area contributed by atoms with E-state index in [9.17, 15) is 14.9 Å². The Kier molecular flexibility index (Phi) is 6.71. The Balaban J connectivity index is 1.47. The molecular weight excluding hydrogens is 456 g/mol. The number of fused-ring (bicyclic) bond motifs is 2. The third-order valence-electron chi connectivity index (χ3n) is 6.12. The number of nitro groups is 1. The van der Waals surface area contributed by atoms with E-state index >= 15 is 0 Å². The molecule has 1 aromatic heterocycles. The molecule has 0 N–H and O–H groups in total. The van der Waals surface area contributed by atoms with Gasteiger partial charge < -0.3 is 9.47 Å². The highest BCUT2D eigenvalue weighted by Gasteiger charge is 2.26. The summed E-state index contributed by atoms with van der Waals surface area (Å²) >= 11 is 0. The zero-order valence-electron chi connectivity index (χ0n) is 19.6. The highest BCUT2D eigenvalue weighted by atomic mass is 16.6. The summed E-state index contributed by atoms with van der Waals surface area (Å²) in [5.74, 6) is 0.314. The summed E-state index contributed by atoms with van der Waals surface area (Å²) in [6.07, 6.45) is 4.23. The van der Waals surface area contributed by atoms with Gasteiger partial charge in [-0.2, -0.15) is 0 Å². The number of nitro benzene ring substituents is 1. The van der Waals surface area contributed by atoms with Gasteiger partial charge in [-0.25, -0.2) is 9.78 Å². The number of pyridine rings is 1. The normalized spacial score (nSPS) is 13.8. The fourth-order valence-electron chi connectivity index (χ4n) is 4.52. The lowest BCUT2D eigenvalue weighted by Crippen LogP contribution is -2.17. The summed E-state index contributed by atoms with van der Waals surface area (Å²) in [6, 6.07) is 23.4. The number of carbonyl (C=O) groups is 1. The Morgan fingerprint density at radius 1 is 0.972 bits per heavy atom. The minimum Gasteiger partial charge on any atom is -0.490 e. The van der Waals surface area contributed by atoms with Gasteiger partial charge in [-0.3, -0.25) is 10.1 Å². The minimum atomic E-state index is -0.405. The molecule has 36 heavy (non-hydrogen) atoms. The predicted octanol–water partition coefficient (Wildman–Crippen LogP) is 6.26. The molecule has 0 unspecified atom stereocenters. The van der Waals surface area contributed by atoms with Crippen molar-refractivity contribution in [2.75, 3.05) is 13.2 Å². The second-order valence-corrected chi connectivity index (χ2v) is 8.50. The molecule has 4 aromatic rings. The SMILES string of the molecule is O=C(OCCOc1ccccc1)c1c2c(nc3ccccc13)C(=Cc1cccc([N+](=O)[O-])c1)CCC2. The number of esters is 1. The van der Waals surface area contributed by atoms with Crippen molar-refractivity contribution in [1.29, 1.82) is 0 Å². The fourth-order valence-corrected chi connectivity index (χ4v) is 4.52. The summed E-state index contributed by atoms with van der Waals surface area (Å²) in [5.41, 5.74) is 4.54. The number of para-hydroxylation sites is 2. The van der Waals surface area contributed by atoms with Crippen molar-refractivity contribution in [3.63, 3.8) is 0 Å². The molecule has 0 spiro atoms. The number of allylic oxidation sites excluding steroid dienone is 1. The van der Waals surface area contributed by atoms with Crippen LogP contribution in [-0.2, 0) is 11.2 Å². The predicted molar refractivity (Wildman–Crippen MR) is 138 cm³/mol. The van der Waals surface area contributed by atoms with Crippen molar-refractivity contribution in [1.82, 2.24) is 4.98 Å². The van der Waals surface area contributed by atoms with Crippen molar-refractivity contribution < 1.29 is 19.2 Å². The summed E-state index contributed by atoms with van der Waals surface area (Å²) in [7, 11) is 0. The molecule has 0 saturated carbocycles. The van der Waals surface area contributed by atoms with E-state index in [0.717, 1.165) is 46.4 Å². The van der Waals surface area contributed by atoms with Gasteiger partial charge in [0.2, 0.25) is 0 Å². The number of ether oxygens (including phenoxy) is 2. The Hall–Kier alpha value is -4.52. The van der Waals surface area contributed by atoms with Crippen molar-refractivity contribution in [2.45, 2.75) is 19.3 Å². The number of hydrogen-bond acceptors (Lipinski definition) is 6. The van der Waals surface area contributed by atoms with Crippen LogP contribution in [0.2, 0.25) is 0 Å². The van der Waals surface area contributed by atoms with E-state index in [-0.39, 0.29) is 18.9 Å². The van der Waals surface area contributed by atoms with Gasteiger partial charge in [0.05, 0.1) is 21.7 Å². The van der Waals surface area contributed by atoms with Gasteiger partial charge in [-0.1, -0.05) is 48.5 Å². The molecule has 0 aliphatic heterocycles. The van der Waals surface area contributed by atoms with Gasteiger partial charge >= 0.3 is 5.97 Å². The van der Waals surface area contributed by atoms with E-state index in [1.165, 1.54) is 6.07 Å². The third-order valence-corrected chi connectivity index (χ3v) is 6.12. The van der Waals surface area contributed by atoms with Crippen molar-refractivity contribution in [2.24, 2.45) is 0 Å².